The van der Waals surface area contributed by atoms with Crippen LogP contribution >= 0.6 is 0 Å². The molecule has 4 nitrogen and oxygen atoms in total. The van der Waals surface area contributed by atoms with E-state index in [1.807, 2.05) is 0 Å². The maximum atomic E-state index is 12.6. The molecule has 1 aliphatic carbocycles. The molecule has 0 unspecified atom stereocenters. The predicted octanol–water partition coefficient (Wildman–Crippen LogP) is 3.07. The van der Waals surface area contributed by atoms with Crippen LogP contribution in [0.4, 0.5) is 24.9 Å². The maximum absolute atomic E-state index is 12.6. The van der Waals surface area contributed by atoms with Crippen molar-refractivity contribution >= 4 is 11.8 Å². The van der Waals surface area contributed by atoms with Crippen LogP contribution in [0.3, 0.4) is 0 Å². The molecule has 0 atom stereocenters. The molecule has 1 heterocycles. The van der Waals surface area contributed by atoms with Gasteiger partial charge in [-0.1, -0.05) is 19.3 Å². The fraction of sp³-hybridized carbons (Fsp3) is 0.667. The zero-order chi connectivity index (χ0) is 13.9. The van der Waals surface area contributed by atoms with Crippen molar-refractivity contribution < 1.29 is 13.2 Å². The van der Waals surface area contributed by atoms with Crippen molar-refractivity contribution in [2.45, 2.75) is 38.3 Å². The Morgan fingerprint density at radius 3 is 2.53 bits per heavy atom. The fourth-order valence-corrected chi connectivity index (χ4v) is 2.34. The number of aromatic nitrogens is 2. The highest BCUT2D eigenvalue weighted by Gasteiger charge is 2.33. The van der Waals surface area contributed by atoms with Crippen molar-refractivity contribution in [3.8, 4) is 0 Å². The van der Waals surface area contributed by atoms with Crippen molar-refractivity contribution in [1.82, 2.24) is 9.97 Å². The fourth-order valence-electron chi connectivity index (χ4n) is 2.34. The Bertz CT molecular complexity index is 427. The maximum Gasteiger partial charge on any atom is 0.433 e. The molecule has 0 saturated heterocycles. The summed E-state index contributed by atoms with van der Waals surface area (Å²) in [6.07, 6.45) is 1.34. The summed E-state index contributed by atoms with van der Waals surface area (Å²) in [5.41, 5.74) is 4.29. The first-order valence-corrected chi connectivity index (χ1v) is 6.41. The SMILES string of the molecule is Nc1nc(NCC2CCCCC2)cc(C(F)(F)F)n1. The molecule has 0 aromatic carbocycles. The first-order chi connectivity index (χ1) is 8.95. The molecule has 0 spiro atoms. The summed E-state index contributed by atoms with van der Waals surface area (Å²) in [6.45, 7) is 0.633. The van der Waals surface area contributed by atoms with Crippen LogP contribution in [0, 0.1) is 5.92 Å². The van der Waals surface area contributed by atoms with E-state index in [0.29, 0.717) is 12.5 Å². The summed E-state index contributed by atoms with van der Waals surface area (Å²) in [5.74, 6) is 0.283. The third kappa shape index (κ3) is 3.97. The predicted molar refractivity (Wildman–Crippen MR) is 66.5 cm³/mol. The molecule has 0 bridgehead atoms. The second kappa shape index (κ2) is 5.63. The third-order valence-corrected chi connectivity index (χ3v) is 3.33. The minimum atomic E-state index is -4.50. The molecule has 0 amide bonds. The summed E-state index contributed by atoms with van der Waals surface area (Å²) >= 11 is 0. The Morgan fingerprint density at radius 1 is 1.21 bits per heavy atom. The summed E-state index contributed by atoms with van der Waals surface area (Å²) < 4.78 is 37.7. The van der Waals surface area contributed by atoms with Gasteiger partial charge in [0.2, 0.25) is 5.95 Å². The van der Waals surface area contributed by atoms with E-state index >= 15 is 0 Å². The van der Waals surface area contributed by atoms with Gasteiger partial charge >= 0.3 is 6.18 Å². The monoisotopic (exact) mass is 274 g/mol. The number of nitrogen functional groups attached to an aromatic ring is 1. The van der Waals surface area contributed by atoms with Gasteiger partial charge in [0.05, 0.1) is 0 Å². The summed E-state index contributed by atoms with van der Waals surface area (Å²) in [4.78, 5) is 6.99. The highest BCUT2D eigenvalue weighted by Crippen LogP contribution is 2.29. The number of hydrogen-bond acceptors (Lipinski definition) is 4. The van der Waals surface area contributed by atoms with Gasteiger partial charge in [-0.25, -0.2) is 4.98 Å². The van der Waals surface area contributed by atoms with E-state index in [9.17, 15) is 13.2 Å². The molecule has 7 heteroatoms. The van der Waals surface area contributed by atoms with Crippen molar-refractivity contribution in [2.75, 3.05) is 17.6 Å². The lowest BCUT2D eigenvalue weighted by Crippen LogP contribution is -2.19. The first kappa shape index (κ1) is 13.9. The second-order valence-electron chi connectivity index (χ2n) is 4.88. The average Bonchev–Trinajstić information content (AvgIpc) is 2.36. The van der Waals surface area contributed by atoms with Gasteiger partial charge in [0.1, 0.15) is 5.82 Å². The van der Waals surface area contributed by atoms with Crippen LogP contribution in [0.2, 0.25) is 0 Å². The standard InChI is InChI=1S/C12H17F3N4/c13-12(14,15)9-6-10(19-11(16)18-9)17-7-8-4-2-1-3-5-8/h6,8H,1-5,7H2,(H3,16,17,18,19). The number of halogens is 3. The molecule has 1 aromatic heterocycles. The number of hydrogen-bond donors (Lipinski definition) is 2. The van der Waals surface area contributed by atoms with Gasteiger partial charge in [-0.2, -0.15) is 18.2 Å². The minimum Gasteiger partial charge on any atom is -0.370 e. The van der Waals surface area contributed by atoms with Crippen LogP contribution in [0.15, 0.2) is 6.07 Å². The van der Waals surface area contributed by atoms with Gasteiger partial charge in [0.25, 0.3) is 0 Å². The number of nitrogens with zero attached hydrogens (tertiary/aromatic N) is 2. The lowest BCUT2D eigenvalue weighted by molar-refractivity contribution is -0.141. The largest absolute Gasteiger partial charge is 0.433 e. The van der Waals surface area contributed by atoms with Crippen LogP contribution < -0.4 is 11.1 Å². The van der Waals surface area contributed by atoms with E-state index < -0.39 is 11.9 Å². The van der Waals surface area contributed by atoms with Crippen molar-refractivity contribution in [2.24, 2.45) is 5.92 Å². The van der Waals surface area contributed by atoms with Crippen molar-refractivity contribution in [3.63, 3.8) is 0 Å². The topological polar surface area (TPSA) is 63.8 Å². The smallest absolute Gasteiger partial charge is 0.370 e. The Hall–Kier alpha value is -1.53. The van der Waals surface area contributed by atoms with Crippen LogP contribution in [0.25, 0.3) is 0 Å². The highest BCUT2D eigenvalue weighted by atomic mass is 19.4. The molecule has 1 fully saturated rings. The summed E-state index contributed by atoms with van der Waals surface area (Å²) in [7, 11) is 0. The number of nitrogens with one attached hydrogen (secondary N) is 1. The number of anilines is 2. The molecule has 0 radical (unpaired) electrons. The van der Waals surface area contributed by atoms with E-state index in [0.717, 1.165) is 18.9 Å². The van der Waals surface area contributed by atoms with E-state index in [4.69, 9.17) is 5.73 Å². The summed E-state index contributed by atoms with van der Waals surface area (Å²) in [6, 6.07) is 0.902. The third-order valence-electron chi connectivity index (χ3n) is 3.33. The highest BCUT2D eigenvalue weighted by molar-refractivity contribution is 5.41. The van der Waals surface area contributed by atoms with Gasteiger partial charge < -0.3 is 11.1 Å². The van der Waals surface area contributed by atoms with Gasteiger partial charge in [0, 0.05) is 12.6 Å². The van der Waals surface area contributed by atoms with Gasteiger partial charge in [0.15, 0.2) is 5.69 Å². The molecular formula is C12H17F3N4. The van der Waals surface area contributed by atoms with Crippen molar-refractivity contribution in [3.05, 3.63) is 11.8 Å². The van der Waals surface area contributed by atoms with E-state index in [1.54, 1.807) is 0 Å². The molecule has 19 heavy (non-hydrogen) atoms. The number of rotatable bonds is 3. The molecular weight excluding hydrogens is 257 g/mol. The zero-order valence-corrected chi connectivity index (χ0v) is 10.5. The van der Waals surface area contributed by atoms with Gasteiger partial charge in [-0.15, -0.1) is 0 Å². The Kier molecular flexibility index (Phi) is 4.11. The lowest BCUT2D eigenvalue weighted by atomic mass is 9.89. The normalized spacial score (nSPS) is 17.4. The molecule has 1 aliphatic rings. The molecule has 0 aliphatic heterocycles. The zero-order valence-electron chi connectivity index (χ0n) is 10.5. The van der Waals surface area contributed by atoms with Gasteiger partial charge in [-0.05, 0) is 18.8 Å². The first-order valence-electron chi connectivity index (χ1n) is 6.41. The average molecular weight is 274 g/mol. The molecule has 1 aromatic rings. The molecule has 1 saturated carbocycles. The van der Waals surface area contributed by atoms with Crippen molar-refractivity contribution in [1.29, 1.82) is 0 Å². The van der Waals surface area contributed by atoms with E-state index in [2.05, 4.69) is 15.3 Å². The summed E-state index contributed by atoms with van der Waals surface area (Å²) in [5, 5.41) is 2.94. The van der Waals surface area contributed by atoms with E-state index in [-0.39, 0.29) is 11.8 Å². The molecule has 3 N–H and O–H groups in total. The van der Waals surface area contributed by atoms with Crippen LogP contribution in [-0.2, 0) is 6.18 Å². The lowest BCUT2D eigenvalue weighted by Gasteiger charge is -2.22. The second-order valence-corrected chi connectivity index (χ2v) is 4.88. The van der Waals surface area contributed by atoms with Gasteiger partial charge in [-0.3, -0.25) is 0 Å². The molecule has 2 rings (SSSR count). The van der Waals surface area contributed by atoms with Crippen LogP contribution in [0.1, 0.15) is 37.8 Å². The minimum absolute atomic E-state index is 0.144. The Balaban J connectivity index is 2.01. The number of alkyl halides is 3. The Morgan fingerprint density at radius 2 is 1.89 bits per heavy atom. The van der Waals surface area contributed by atoms with E-state index in [1.165, 1.54) is 19.3 Å². The Labute approximate surface area is 109 Å². The quantitative estimate of drug-likeness (QED) is 0.889. The number of nitrogens with two attached hydrogens (primary N) is 1. The van der Waals surface area contributed by atoms with Crippen LogP contribution in [0.5, 0.6) is 0 Å². The van der Waals surface area contributed by atoms with Crippen LogP contribution in [-0.4, -0.2) is 16.5 Å². The molecule has 106 valence electrons.